The van der Waals surface area contributed by atoms with Crippen LogP contribution < -0.4 is 10.6 Å². The van der Waals surface area contributed by atoms with E-state index in [4.69, 9.17) is 0 Å². The molecule has 1 aliphatic heterocycles. The second kappa shape index (κ2) is 4.45. The maximum atomic E-state index is 13.5. The van der Waals surface area contributed by atoms with Crippen LogP contribution >= 0.6 is 33.9 Å². The second-order valence-electron chi connectivity index (χ2n) is 3.91. The van der Waals surface area contributed by atoms with Crippen LogP contribution in [0.1, 0.15) is 10.9 Å². The summed E-state index contributed by atoms with van der Waals surface area (Å²) in [6.45, 7) is 0.829. The summed E-state index contributed by atoms with van der Waals surface area (Å²) in [5, 5.41) is 8.77. The monoisotopic (exact) mass is 360 g/mol. The lowest BCUT2D eigenvalue weighted by Crippen LogP contribution is -2.25. The van der Waals surface area contributed by atoms with Crippen LogP contribution in [0.15, 0.2) is 29.6 Å². The lowest BCUT2D eigenvalue weighted by atomic mass is 10.1. The van der Waals surface area contributed by atoms with Crippen molar-refractivity contribution in [2.24, 2.45) is 0 Å². The number of nitrogens with one attached hydrogen (secondary N) is 2. The minimum Gasteiger partial charge on any atom is -0.381 e. The Morgan fingerprint density at radius 1 is 1.35 bits per heavy atom. The van der Waals surface area contributed by atoms with Crippen LogP contribution in [0.4, 0.5) is 15.8 Å². The highest BCUT2D eigenvalue weighted by Gasteiger charge is 2.20. The van der Waals surface area contributed by atoms with Gasteiger partial charge in [-0.25, -0.2) is 4.39 Å². The minimum atomic E-state index is -0.175. The van der Waals surface area contributed by atoms with Crippen molar-refractivity contribution in [3.63, 3.8) is 0 Å². The highest BCUT2D eigenvalue weighted by Crippen LogP contribution is 2.34. The van der Waals surface area contributed by atoms with Crippen LogP contribution in [0.25, 0.3) is 0 Å². The largest absolute Gasteiger partial charge is 0.381 e. The molecule has 2 aromatic rings. The molecule has 1 aliphatic rings. The van der Waals surface area contributed by atoms with Gasteiger partial charge in [0.1, 0.15) is 5.82 Å². The van der Waals surface area contributed by atoms with Crippen LogP contribution in [-0.2, 0) is 0 Å². The number of hydrogen-bond donors (Lipinski definition) is 2. The van der Waals surface area contributed by atoms with Gasteiger partial charge in [0.25, 0.3) is 0 Å². The second-order valence-corrected chi connectivity index (χ2v) is 6.05. The fraction of sp³-hybridized carbons (Fsp3) is 0.167. The molecule has 2 heterocycles. The molecule has 0 radical (unpaired) electrons. The van der Waals surface area contributed by atoms with Gasteiger partial charge in [-0.3, -0.25) is 0 Å². The minimum absolute atomic E-state index is 0.175. The lowest BCUT2D eigenvalue weighted by molar-refractivity contribution is 0.620. The summed E-state index contributed by atoms with van der Waals surface area (Å²) in [5.74, 6) is -0.175. The third-order valence-corrected chi connectivity index (χ3v) is 4.59. The molecule has 2 N–H and O–H groups in total. The van der Waals surface area contributed by atoms with Gasteiger partial charge < -0.3 is 10.6 Å². The van der Waals surface area contributed by atoms with Crippen molar-refractivity contribution in [2.45, 2.75) is 6.04 Å². The lowest BCUT2D eigenvalue weighted by Gasteiger charge is -2.28. The average molecular weight is 360 g/mol. The standard InChI is InChI=1S/C12H10FIN2S/c13-7-4-10-9(5-8(7)14)15-6-11(16-10)12-2-1-3-17-12/h1-5,11,15-16H,6H2. The van der Waals surface area contributed by atoms with Gasteiger partial charge in [-0.05, 0) is 40.1 Å². The Morgan fingerprint density at radius 2 is 2.24 bits per heavy atom. The molecule has 2 nitrogen and oxygen atoms in total. The smallest absolute Gasteiger partial charge is 0.138 e. The van der Waals surface area contributed by atoms with Crippen LogP contribution in [0, 0.1) is 9.39 Å². The van der Waals surface area contributed by atoms with Crippen molar-refractivity contribution < 1.29 is 4.39 Å². The quantitative estimate of drug-likeness (QED) is 0.750. The van der Waals surface area contributed by atoms with Crippen LogP contribution in [0.3, 0.4) is 0 Å². The van der Waals surface area contributed by atoms with Gasteiger partial charge in [-0.15, -0.1) is 11.3 Å². The molecule has 1 unspecified atom stereocenters. The molecule has 0 amide bonds. The van der Waals surface area contributed by atoms with Crippen molar-refractivity contribution >= 4 is 45.3 Å². The summed E-state index contributed by atoms with van der Waals surface area (Å²) in [6.07, 6.45) is 0. The number of thiophene rings is 1. The Kier molecular flexibility index (Phi) is 2.96. The summed E-state index contributed by atoms with van der Waals surface area (Å²) in [7, 11) is 0. The fourth-order valence-electron chi connectivity index (χ4n) is 1.92. The third-order valence-electron chi connectivity index (χ3n) is 2.77. The predicted octanol–water partition coefficient (Wildman–Crippen LogP) is 4.07. The van der Waals surface area contributed by atoms with Gasteiger partial charge in [0, 0.05) is 17.5 Å². The summed E-state index contributed by atoms with van der Waals surface area (Å²) < 4.78 is 14.1. The third kappa shape index (κ3) is 2.13. The highest BCUT2D eigenvalue weighted by atomic mass is 127. The zero-order valence-electron chi connectivity index (χ0n) is 8.84. The van der Waals surface area contributed by atoms with Gasteiger partial charge in [-0.2, -0.15) is 0 Å². The number of rotatable bonds is 1. The highest BCUT2D eigenvalue weighted by molar-refractivity contribution is 14.1. The number of fused-ring (bicyclic) bond motifs is 1. The maximum Gasteiger partial charge on any atom is 0.138 e. The number of halogens is 2. The first-order valence-corrected chi connectivity index (χ1v) is 7.23. The topological polar surface area (TPSA) is 24.1 Å². The molecule has 88 valence electrons. The van der Waals surface area contributed by atoms with E-state index in [2.05, 4.69) is 22.1 Å². The fourth-order valence-corrected chi connectivity index (χ4v) is 3.17. The molecule has 0 fully saturated rings. The van der Waals surface area contributed by atoms with E-state index < -0.39 is 0 Å². The first-order chi connectivity index (χ1) is 8.24. The molecule has 5 heteroatoms. The van der Waals surface area contributed by atoms with Crippen LogP contribution in [0.2, 0.25) is 0 Å². The molecular weight excluding hydrogens is 350 g/mol. The number of anilines is 2. The van der Waals surface area contributed by atoms with Crippen molar-refractivity contribution in [1.82, 2.24) is 0 Å². The van der Waals surface area contributed by atoms with E-state index in [-0.39, 0.29) is 11.9 Å². The van der Waals surface area contributed by atoms with Crippen LogP contribution in [-0.4, -0.2) is 6.54 Å². The molecule has 0 saturated carbocycles. The van der Waals surface area contributed by atoms with E-state index in [1.54, 1.807) is 17.4 Å². The molecular formula is C12H10FIN2S. The molecule has 0 spiro atoms. The molecule has 1 atom stereocenters. The summed E-state index contributed by atoms with van der Waals surface area (Å²) in [6, 6.07) is 7.75. The Labute approximate surface area is 116 Å². The van der Waals surface area contributed by atoms with Crippen molar-refractivity contribution in [3.8, 4) is 0 Å². The van der Waals surface area contributed by atoms with Crippen molar-refractivity contribution in [3.05, 3.63) is 43.9 Å². The maximum absolute atomic E-state index is 13.5. The Morgan fingerprint density at radius 3 is 3.00 bits per heavy atom. The zero-order valence-corrected chi connectivity index (χ0v) is 11.8. The molecule has 17 heavy (non-hydrogen) atoms. The van der Waals surface area contributed by atoms with Gasteiger partial charge >= 0.3 is 0 Å². The normalized spacial score (nSPS) is 18.1. The summed E-state index contributed by atoms with van der Waals surface area (Å²) >= 11 is 3.72. The number of hydrogen-bond acceptors (Lipinski definition) is 3. The van der Waals surface area contributed by atoms with Gasteiger partial charge in [-0.1, -0.05) is 6.07 Å². The molecule has 0 saturated heterocycles. The van der Waals surface area contributed by atoms with Gasteiger partial charge in [0.15, 0.2) is 0 Å². The van der Waals surface area contributed by atoms with E-state index in [9.17, 15) is 4.39 Å². The Hall–Kier alpha value is -0.820. The average Bonchev–Trinajstić information content (AvgIpc) is 2.83. The Bertz CT molecular complexity index is 542. The SMILES string of the molecule is Fc1cc2c(cc1I)NCC(c1cccs1)N2. The van der Waals surface area contributed by atoms with Gasteiger partial charge in [0.05, 0.1) is 21.0 Å². The van der Waals surface area contributed by atoms with Gasteiger partial charge in [0.2, 0.25) is 0 Å². The van der Waals surface area contributed by atoms with Crippen LogP contribution in [0.5, 0.6) is 0 Å². The predicted molar refractivity (Wildman–Crippen MR) is 78.3 cm³/mol. The summed E-state index contributed by atoms with van der Waals surface area (Å²) in [5.41, 5.74) is 1.82. The van der Waals surface area contributed by atoms with E-state index >= 15 is 0 Å². The molecule has 1 aromatic carbocycles. The first kappa shape index (κ1) is 11.3. The van der Waals surface area contributed by atoms with E-state index in [1.165, 1.54) is 4.88 Å². The summed E-state index contributed by atoms with van der Waals surface area (Å²) in [4.78, 5) is 1.27. The molecule has 3 rings (SSSR count). The van der Waals surface area contributed by atoms with E-state index in [0.29, 0.717) is 3.57 Å². The first-order valence-electron chi connectivity index (χ1n) is 5.27. The van der Waals surface area contributed by atoms with Crippen molar-refractivity contribution in [1.29, 1.82) is 0 Å². The zero-order chi connectivity index (χ0) is 11.8. The molecule has 0 aliphatic carbocycles. The van der Waals surface area contributed by atoms with E-state index in [0.717, 1.165) is 17.9 Å². The molecule has 0 bridgehead atoms. The molecule has 1 aromatic heterocycles. The Balaban J connectivity index is 1.93. The van der Waals surface area contributed by atoms with Crippen molar-refractivity contribution in [2.75, 3.05) is 17.2 Å². The number of benzene rings is 1. The van der Waals surface area contributed by atoms with E-state index in [1.807, 2.05) is 34.7 Å².